The molecule has 0 aliphatic rings. The van der Waals surface area contributed by atoms with Crippen molar-refractivity contribution < 1.29 is 37.0 Å². The van der Waals surface area contributed by atoms with Crippen LogP contribution in [0.4, 0.5) is 5.69 Å². The highest BCUT2D eigenvalue weighted by molar-refractivity contribution is 7.92. The average Bonchev–Trinajstić information content (AvgIpc) is 3.03. The number of nitrogens with zero attached hydrogens (tertiary/aromatic N) is 2. The largest absolute Gasteiger partial charge is 0.497 e. The highest BCUT2D eigenvalue weighted by atomic mass is 32.2. The lowest BCUT2D eigenvalue weighted by Crippen LogP contribution is -2.53. The van der Waals surface area contributed by atoms with Crippen LogP contribution in [0.15, 0.2) is 71.6 Å². The van der Waals surface area contributed by atoms with Gasteiger partial charge in [-0.15, -0.1) is 0 Å². The predicted molar refractivity (Wildman–Crippen MR) is 173 cm³/mol. The first kappa shape index (κ1) is 35.0. The van der Waals surface area contributed by atoms with E-state index < -0.39 is 28.5 Å². The van der Waals surface area contributed by atoms with Crippen LogP contribution in [0.2, 0.25) is 0 Å². The fraction of sp³-hybridized carbons (Fsp3) is 0.394. The van der Waals surface area contributed by atoms with Crippen LogP contribution in [0.5, 0.6) is 23.0 Å². The third-order valence-electron chi connectivity index (χ3n) is 6.99. The van der Waals surface area contributed by atoms with E-state index in [9.17, 15) is 18.0 Å². The minimum atomic E-state index is -4.33. The number of carbonyl (C=O) groups excluding carboxylic acids is 2. The second-order valence-corrected chi connectivity index (χ2v) is 12.3. The van der Waals surface area contributed by atoms with Crippen molar-refractivity contribution >= 4 is 27.5 Å². The van der Waals surface area contributed by atoms with E-state index in [0.29, 0.717) is 30.3 Å². The molecule has 3 aromatic carbocycles. The standard InChI is InChI=1S/C33H43N3O8S/c1-8-29(33(38)34-23(3)4)35(21-24-10-14-26(41-5)15-11-24)32(37)22-36(25-12-16-27(17-13-25)44-9-2)45(39,40)28-18-19-30(42-6)31(20-28)43-7/h10-20,23,29H,8-9,21-22H2,1-7H3,(H,34,38). The van der Waals surface area contributed by atoms with Gasteiger partial charge in [0.15, 0.2) is 11.5 Å². The molecule has 12 heteroatoms. The Morgan fingerprint density at radius 3 is 1.98 bits per heavy atom. The molecule has 0 fully saturated rings. The molecule has 244 valence electrons. The van der Waals surface area contributed by atoms with Crippen molar-refractivity contribution in [3.05, 3.63) is 72.3 Å². The Bertz CT molecular complexity index is 1530. The van der Waals surface area contributed by atoms with Gasteiger partial charge in [0.05, 0.1) is 38.5 Å². The summed E-state index contributed by atoms with van der Waals surface area (Å²) in [6.45, 7) is 7.25. The molecule has 0 radical (unpaired) electrons. The first-order chi connectivity index (χ1) is 21.5. The Labute approximate surface area is 266 Å². The van der Waals surface area contributed by atoms with Gasteiger partial charge in [0, 0.05) is 18.7 Å². The molecule has 1 unspecified atom stereocenters. The van der Waals surface area contributed by atoms with Crippen molar-refractivity contribution in [1.82, 2.24) is 10.2 Å². The maximum atomic E-state index is 14.3. The lowest BCUT2D eigenvalue weighted by Gasteiger charge is -2.33. The van der Waals surface area contributed by atoms with E-state index in [-0.39, 0.29) is 34.8 Å². The Morgan fingerprint density at radius 1 is 0.822 bits per heavy atom. The summed E-state index contributed by atoms with van der Waals surface area (Å²) in [4.78, 5) is 28.9. The van der Waals surface area contributed by atoms with Gasteiger partial charge in [0.2, 0.25) is 11.8 Å². The molecule has 0 saturated carbocycles. The summed E-state index contributed by atoms with van der Waals surface area (Å²) >= 11 is 0. The molecule has 45 heavy (non-hydrogen) atoms. The number of rotatable bonds is 16. The quantitative estimate of drug-likeness (QED) is 0.240. The van der Waals surface area contributed by atoms with Crippen LogP contribution in [0.1, 0.15) is 39.7 Å². The molecule has 3 aromatic rings. The van der Waals surface area contributed by atoms with E-state index in [1.165, 1.54) is 37.3 Å². The minimum Gasteiger partial charge on any atom is -0.497 e. The Balaban J connectivity index is 2.11. The number of hydrogen-bond acceptors (Lipinski definition) is 8. The van der Waals surface area contributed by atoms with Crippen molar-refractivity contribution in [2.75, 3.05) is 38.8 Å². The van der Waals surface area contributed by atoms with Crippen molar-refractivity contribution in [1.29, 1.82) is 0 Å². The van der Waals surface area contributed by atoms with Gasteiger partial charge in [-0.3, -0.25) is 13.9 Å². The van der Waals surface area contributed by atoms with Crippen LogP contribution in [-0.2, 0) is 26.2 Å². The van der Waals surface area contributed by atoms with Crippen LogP contribution in [0.3, 0.4) is 0 Å². The van der Waals surface area contributed by atoms with E-state index in [2.05, 4.69) is 5.32 Å². The fourth-order valence-corrected chi connectivity index (χ4v) is 6.17. The Morgan fingerprint density at radius 2 is 1.44 bits per heavy atom. The van der Waals surface area contributed by atoms with Gasteiger partial charge in [0.1, 0.15) is 24.1 Å². The van der Waals surface area contributed by atoms with E-state index in [1.807, 2.05) is 27.7 Å². The van der Waals surface area contributed by atoms with Crippen LogP contribution >= 0.6 is 0 Å². The number of sulfonamides is 1. The Kier molecular flexibility index (Phi) is 12.5. The highest BCUT2D eigenvalue weighted by Crippen LogP contribution is 2.33. The molecule has 0 bridgehead atoms. The predicted octanol–water partition coefficient (Wildman–Crippen LogP) is 4.64. The van der Waals surface area contributed by atoms with E-state index >= 15 is 0 Å². The smallest absolute Gasteiger partial charge is 0.264 e. The molecular formula is C33H43N3O8S. The minimum absolute atomic E-state index is 0.0698. The van der Waals surface area contributed by atoms with Crippen molar-refractivity contribution in [3.8, 4) is 23.0 Å². The number of hydrogen-bond donors (Lipinski definition) is 1. The molecule has 2 amide bonds. The number of benzene rings is 3. The van der Waals surface area contributed by atoms with E-state index in [0.717, 1.165) is 9.87 Å². The van der Waals surface area contributed by atoms with Crippen molar-refractivity contribution in [2.24, 2.45) is 0 Å². The lowest BCUT2D eigenvalue weighted by atomic mass is 10.1. The molecule has 0 spiro atoms. The monoisotopic (exact) mass is 641 g/mol. The molecule has 1 N–H and O–H groups in total. The summed E-state index contributed by atoms with van der Waals surface area (Å²) in [6.07, 6.45) is 0.311. The zero-order valence-electron chi connectivity index (χ0n) is 26.9. The third-order valence-corrected chi connectivity index (χ3v) is 8.76. The molecule has 0 heterocycles. The van der Waals surface area contributed by atoms with E-state index in [4.69, 9.17) is 18.9 Å². The first-order valence-corrected chi connectivity index (χ1v) is 16.1. The van der Waals surface area contributed by atoms with Crippen LogP contribution < -0.4 is 28.6 Å². The molecule has 3 rings (SSSR count). The lowest BCUT2D eigenvalue weighted by molar-refractivity contribution is -0.140. The molecule has 0 aliphatic carbocycles. The molecule has 0 saturated heterocycles. The summed E-state index contributed by atoms with van der Waals surface area (Å²) < 4.78 is 51.0. The molecule has 11 nitrogen and oxygen atoms in total. The summed E-state index contributed by atoms with van der Waals surface area (Å²) in [5.74, 6) is 0.874. The topological polar surface area (TPSA) is 124 Å². The van der Waals surface area contributed by atoms with Gasteiger partial charge in [-0.05, 0) is 81.3 Å². The number of amides is 2. The first-order valence-electron chi connectivity index (χ1n) is 14.7. The highest BCUT2D eigenvalue weighted by Gasteiger charge is 2.34. The maximum Gasteiger partial charge on any atom is 0.264 e. The van der Waals surface area contributed by atoms with Gasteiger partial charge in [-0.1, -0.05) is 19.1 Å². The maximum absolute atomic E-state index is 14.3. The SMILES string of the molecule is CCOc1ccc(N(CC(=O)N(Cc2ccc(OC)cc2)C(CC)C(=O)NC(C)C)S(=O)(=O)c2ccc(OC)c(OC)c2)cc1. The summed E-state index contributed by atoms with van der Waals surface area (Å²) in [5, 5.41) is 2.89. The van der Waals surface area contributed by atoms with E-state index in [1.54, 1.807) is 55.6 Å². The fourth-order valence-electron chi connectivity index (χ4n) is 4.74. The average molecular weight is 642 g/mol. The molecule has 0 aliphatic heterocycles. The summed E-state index contributed by atoms with van der Waals surface area (Å²) in [6, 6.07) is 16.8. The second-order valence-electron chi connectivity index (χ2n) is 10.4. The third kappa shape index (κ3) is 8.81. The van der Waals surface area contributed by atoms with Crippen molar-refractivity contribution in [3.63, 3.8) is 0 Å². The normalized spacial score (nSPS) is 11.8. The van der Waals surface area contributed by atoms with Crippen LogP contribution in [0, 0.1) is 0 Å². The van der Waals surface area contributed by atoms with Crippen molar-refractivity contribution in [2.45, 2.75) is 57.6 Å². The van der Waals surface area contributed by atoms with Gasteiger partial charge < -0.3 is 29.2 Å². The Hall–Kier alpha value is -4.45. The second kappa shape index (κ2) is 16.0. The summed E-state index contributed by atoms with van der Waals surface area (Å²) in [5.41, 5.74) is 0.987. The number of carbonyl (C=O) groups is 2. The number of methoxy groups -OCH3 is 3. The zero-order chi connectivity index (χ0) is 33.1. The van der Waals surface area contributed by atoms with Gasteiger partial charge in [-0.25, -0.2) is 8.42 Å². The summed E-state index contributed by atoms with van der Waals surface area (Å²) in [7, 11) is 0.0927. The molecule has 0 aromatic heterocycles. The number of nitrogens with one attached hydrogen (secondary N) is 1. The van der Waals surface area contributed by atoms with Gasteiger partial charge in [0.25, 0.3) is 10.0 Å². The van der Waals surface area contributed by atoms with Crippen LogP contribution in [0.25, 0.3) is 0 Å². The zero-order valence-corrected chi connectivity index (χ0v) is 27.7. The molecular weight excluding hydrogens is 598 g/mol. The van der Waals surface area contributed by atoms with Crippen LogP contribution in [-0.4, -0.2) is 71.7 Å². The number of ether oxygens (including phenoxy) is 4. The van der Waals surface area contributed by atoms with Gasteiger partial charge in [-0.2, -0.15) is 0 Å². The molecule has 1 atom stereocenters. The number of anilines is 1. The van der Waals surface area contributed by atoms with Gasteiger partial charge >= 0.3 is 0 Å².